The van der Waals surface area contributed by atoms with Gasteiger partial charge < -0.3 is 4.74 Å². The third-order valence-corrected chi connectivity index (χ3v) is 4.68. The molecule has 0 saturated carbocycles. The molecule has 5 nitrogen and oxygen atoms in total. The highest BCUT2D eigenvalue weighted by Gasteiger charge is 2.21. The van der Waals surface area contributed by atoms with Crippen LogP contribution in [0.5, 0.6) is 0 Å². The summed E-state index contributed by atoms with van der Waals surface area (Å²) < 4.78 is 7.31. The molecule has 0 spiro atoms. The van der Waals surface area contributed by atoms with E-state index >= 15 is 0 Å². The van der Waals surface area contributed by atoms with Gasteiger partial charge >= 0.3 is 0 Å². The maximum atomic E-state index is 12.8. The van der Waals surface area contributed by atoms with E-state index in [1.54, 1.807) is 10.6 Å². The predicted octanol–water partition coefficient (Wildman–Crippen LogP) is 2.58. The maximum absolute atomic E-state index is 12.8. The van der Waals surface area contributed by atoms with E-state index in [-0.39, 0.29) is 16.9 Å². The van der Waals surface area contributed by atoms with Crippen LogP contribution in [-0.2, 0) is 11.3 Å². The lowest BCUT2D eigenvalue weighted by Crippen LogP contribution is -2.29. The fraction of sp³-hybridized carbons (Fsp3) is 0.438. The Morgan fingerprint density at radius 1 is 1.55 bits per heavy atom. The molecule has 0 unspecified atom stereocenters. The quantitative estimate of drug-likeness (QED) is 0.641. The molecule has 6 heteroatoms. The summed E-state index contributed by atoms with van der Waals surface area (Å²) in [7, 11) is 0. The molecular weight excluding hydrogens is 298 g/mol. The van der Waals surface area contributed by atoms with Gasteiger partial charge in [-0.05, 0) is 31.9 Å². The van der Waals surface area contributed by atoms with Crippen molar-refractivity contribution in [2.45, 2.75) is 42.8 Å². The molecule has 0 amide bonds. The van der Waals surface area contributed by atoms with Gasteiger partial charge in [0.05, 0.1) is 34.9 Å². The van der Waals surface area contributed by atoms with Crippen molar-refractivity contribution in [1.82, 2.24) is 9.55 Å². The Morgan fingerprint density at radius 2 is 2.36 bits per heavy atom. The summed E-state index contributed by atoms with van der Waals surface area (Å²) in [5.74, 6) is 0. The Morgan fingerprint density at radius 3 is 3.09 bits per heavy atom. The first kappa shape index (κ1) is 15.1. The first-order valence-electron chi connectivity index (χ1n) is 7.36. The van der Waals surface area contributed by atoms with Gasteiger partial charge in [0.15, 0.2) is 5.16 Å². The number of nitrogens with zero attached hydrogens (tertiary/aromatic N) is 3. The monoisotopic (exact) mass is 315 g/mol. The number of rotatable bonds is 4. The smallest absolute Gasteiger partial charge is 0.262 e. The Bertz CT molecular complexity index is 775. The van der Waals surface area contributed by atoms with Crippen LogP contribution >= 0.6 is 11.8 Å². The van der Waals surface area contributed by atoms with Crippen LogP contribution in [0.1, 0.15) is 19.8 Å². The van der Waals surface area contributed by atoms with Gasteiger partial charge in [0.1, 0.15) is 0 Å². The van der Waals surface area contributed by atoms with Crippen molar-refractivity contribution in [3.8, 4) is 6.07 Å². The number of thioether (sulfide) groups is 1. The molecule has 1 aromatic carbocycles. The molecular formula is C16H17N3O2S. The van der Waals surface area contributed by atoms with Gasteiger partial charge in [-0.1, -0.05) is 23.9 Å². The number of para-hydroxylation sites is 1. The van der Waals surface area contributed by atoms with Crippen molar-refractivity contribution in [3.05, 3.63) is 34.6 Å². The zero-order valence-corrected chi connectivity index (χ0v) is 13.2. The minimum Gasteiger partial charge on any atom is -0.376 e. The van der Waals surface area contributed by atoms with Gasteiger partial charge in [0.2, 0.25) is 0 Å². The van der Waals surface area contributed by atoms with Crippen LogP contribution in [0.3, 0.4) is 0 Å². The average Bonchev–Trinajstić information content (AvgIpc) is 3.04. The molecule has 114 valence electrons. The molecule has 1 aromatic heterocycles. The summed E-state index contributed by atoms with van der Waals surface area (Å²) in [6, 6.07) is 9.50. The molecule has 0 bridgehead atoms. The van der Waals surface area contributed by atoms with E-state index in [9.17, 15) is 4.79 Å². The van der Waals surface area contributed by atoms with E-state index in [0.29, 0.717) is 22.6 Å². The zero-order valence-electron chi connectivity index (χ0n) is 12.4. The number of aromatic nitrogens is 2. The Hall–Kier alpha value is -1.84. The van der Waals surface area contributed by atoms with E-state index in [2.05, 4.69) is 11.1 Å². The van der Waals surface area contributed by atoms with Crippen molar-refractivity contribution in [2.24, 2.45) is 0 Å². The normalized spacial score (nSPS) is 19.2. The van der Waals surface area contributed by atoms with Crippen molar-refractivity contribution >= 4 is 22.7 Å². The van der Waals surface area contributed by atoms with E-state index < -0.39 is 0 Å². The average molecular weight is 315 g/mol. The van der Waals surface area contributed by atoms with E-state index in [0.717, 1.165) is 19.4 Å². The van der Waals surface area contributed by atoms with E-state index in [4.69, 9.17) is 10.00 Å². The summed E-state index contributed by atoms with van der Waals surface area (Å²) in [5.41, 5.74) is 0.609. The molecule has 22 heavy (non-hydrogen) atoms. The lowest BCUT2D eigenvalue weighted by atomic mass is 10.2. The second-order valence-corrected chi connectivity index (χ2v) is 6.66. The number of hydrogen-bond acceptors (Lipinski definition) is 5. The molecule has 1 aliphatic rings. The zero-order chi connectivity index (χ0) is 15.5. The number of fused-ring (bicyclic) bond motifs is 1. The second-order valence-electron chi connectivity index (χ2n) is 5.35. The molecule has 1 saturated heterocycles. The molecule has 2 heterocycles. The van der Waals surface area contributed by atoms with Crippen molar-refractivity contribution in [3.63, 3.8) is 0 Å². The number of ether oxygens (including phenoxy) is 1. The molecule has 2 aromatic rings. The molecule has 1 fully saturated rings. The topological polar surface area (TPSA) is 67.9 Å². The molecule has 0 radical (unpaired) electrons. The van der Waals surface area contributed by atoms with Gasteiger partial charge in [-0.2, -0.15) is 5.26 Å². The fourth-order valence-corrected chi connectivity index (χ4v) is 3.38. The van der Waals surface area contributed by atoms with Crippen LogP contribution in [0.15, 0.2) is 34.2 Å². The highest BCUT2D eigenvalue weighted by Crippen LogP contribution is 2.23. The Balaban J connectivity index is 2.08. The number of hydrogen-bond donors (Lipinski definition) is 0. The SMILES string of the molecule is C[C@@H](C#N)Sc1nc2ccccc2c(=O)n1C[C@H]1CCCO1. The predicted molar refractivity (Wildman–Crippen MR) is 85.9 cm³/mol. The maximum Gasteiger partial charge on any atom is 0.262 e. The highest BCUT2D eigenvalue weighted by atomic mass is 32.2. The minimum absolute atomic E-state index is 0.0532. The van der Waals surface area contributed by atoms with E-state index in [1.165, 1.54) is 11.8 Å². The van der Waals surface area contributed by atoms with Crippen molar-refractivity contribution < 1.29 is 4.74 Å². The third-order valence-electron chi connectivity index (χ3n) is 3.70. The van der Waals surface area contributed by atoms with Crippen molar-refractivity contribution in [2.75, 3.05) is 6.61 Å². The fourth-order valence-electron chi connectivity index (χ4n) is 2.58. The van der Waals surface area contributed by atoms with Crippen LogP contribution in [0, 0.1) is 11.3 Å². The summed E-state index contributed by atoms with van der Waals surface area (Å²) in [6.45, 7) is 3.05. The summed E-state index contributed by atoms with van der Waals surface area (Å²) >= 11 is 1.32. The van der Waals surface area contributed by atoms with Crippen LogP contribution in [-0.4, -0.2) is 27.5 Å². The molecule has 1 aliphatic heterocycles. The Kier molecular flexibility index (Phi) is 4.46. The Labute approximate surface area is 132 Å². The summed E-state index contributed by atoms with van der Waals surface area (Å²) in [4.78, 5) is 17.4. The summed E-state index contributed by atoms with van der Waals surface area (Å²) in [6.07, 6.45) is 2.03. The number of nitriles is 1. The lowest BCUT2D eigenvalue weighted by Gasteiger charge is -2.16. The van der Waals surface area contributed by atoms with Crippen LogP contribution in [0.4, 0.5) is 0 Å². The summed E-state index contributed by atoms with van der Waals surface area (Å²) in [5, 5.41) is 9.98. The highest BCUT2D eigenvalue weighted by molar-refractivity contribution is 8.00. The van der Waals surface area contributed by atoms with E-state index in [1.807, 2.05) is 25.1 Å². The first-order valence-corrected chi connectivity index (χ1v) is 8.24. The van der Waals surface area contributed by atoms with Crippen molar-refractivity contribution in [1.29, 1.82) is 5.26 Å². The first-order chi connectivity index (χ1) is 10.7. The van der Waals surface area contributed by atoms with Gasteiger partial charge in [-0.25, -0.2) is 4.98 Å². The third kappa shape index (κ3) is 3.01. The van der Waals surface area contributed by atoms with Gasteiger partial charge in [0, 0.05) is 6.61 Å². The van der Waals surface area contributed by atoms with Gasteiger partial charge in [-0.3, -0.25) is 9.36 Å². The standard InChI is InChI=1S/C16H17N3O2S/c1-11(9-17)22-16-18-14-7-3-2-6-13(14)15(20)19(16)10-12-5-4-8-21-12/h2-3,6-7,11-12H,4-5,8,10H2,1H3/t11-,12+/m0/s1. The molecule has 0 N–H and O–H groups in total. The molecule has 3 rings (SSSR count). The van der Waals surface area contributed by atoms with Crippen LogP contribution < -0.4 is 5.56 Å². The van der Waals surface area contributed by atoms with Crippen LogP contribution in [0.2, 0.25) is 0 Å². The largest absolute Gasteiger partial charge is 0.376 e. The van der Waals surface area contributed by atoms with Gasteiger partial charge in [-0.15, -0.1) is 0 Å². The lowest BCUT2D eigenvalue weighted by molar-refractivity contribution is 0.0937. The second kappa shape index (κ2) is 6.51. The minimum atomic E-state index is -0.260. The molecule has 0 aliphatic carbocycles. The molecule has 2 atom stereocenters. The van der Waals surface area contributed by atoms with Crippen LogP contribution in [0.25, 0.3) is 10.9 Å². The van der Waals surface area contributed by atoms with Gasteiger partial charge in [0.25, 0.3) is 5.56 Å². The number of benzene rings is 1.